The van der Waals surface area contributed by atoms with E-state index in [9.17, 15) is 9.59 Å². The maximum atomic E-state index is 13.5. The van der Waals surface area contributed by atoms with Crippen LogP contribution < -0.4 is 0 Å². The van der Waals surface area contributed by atoms with E-state index in [0.29, 0.717) is 25.3 Å². The van der Waals surface area contributed by atoms with Crippen molar-refractivity contribution in [2.24, 2.45) is 13.0 Å². The molecule has 6 heteroatoms. The lowest BCUT2D eigenvalue weighted by atomic mass is 9.85. The van der Waals surface area contributed by atoms with E-state index in [-0.39, 0.29) is 18.0 Å². The topological polar surface area (TPSA) is 48.8 Å². The summed E-state index contributed by atoms with van der Waals surface area (Å²) in [5.74, 6) is 0.514. The first kappa shape index (κ1) is 21.9. The van der Waals surface area contributed by atoms with Gasteiger partial charge in [-0.25, -0.2) is 4.79 Å². The first-order valence-electron chi connectivity index (χ1n) is 11.6. The fraction of sp³-hybridized carbons (Fsp3) is 0.600. The number of fused-ring (bicyclic) bond motifs is 1. The molecule has 4 rings (SSSR count). The molecular weight excluding hydrogens is 388 g/mol. The Hall–Kier alpha value is -2.34. The highest BCUT2D eigenvalue weighted by molar-refractivity contribution is 6.07. The summed E-state index contributed by atoms with van der Waals surface area (Å²) in [4.78, 5) is 32.5. The zero-order valence-corrected chi connectivity index (χ0v) is 19.6. The van der Waals surface area contributed by atoms with Crippen molar-refractivity contribution < 1.29 is 9.59 Å². The van der Waals surface area contributed by atoms with Gasteiger partial charge in [0, 0.05) is 56.4 Å². The SMILES string of the molecule is CC(C)CCN1C(=O)N(C(C)C)C(=O)C12CCN(Cc1cn(C)c3ccccc13)CC2. The van der Waals surface area contributed by atoms with Crippen molar-refractivity contribution in [3.8, 4) is 0 Å². The number of amides is 3. The molecule has 1 aromatic carbocycles. The van der Waals surface area contributed by atoms with Gasteiger partial charge in [0.15, 0.2) is 0 Å². The second-order valence-corrected chi connectivity index (χ2v) is 9.98. The van der Waals surface area contributed by atoms with Gasteiger partial charge in [-0.1, -0.05) is 32.0 Å². The number of hydrogen-bond donors (Lipinski definition) is 0. The molecule has 2 fully saturated rings. The van der Waals surface area contributed by atoms with Crippen molar-refractivity contribution in [1.29, 1.82) is 0 Å². The lowest BCUT2D eigenvalue weighted by molar-refractivity contribution is -0.136. The van der Waals surface area contributed by atoms with Crippen molar-refractivity contribution >= 4 is 22.8 Å². The minimum atomic E-state index is -0.661. The second-order valence-electron chi connectivity index (χ2n) is 9.98. The van der Waals surface area contributed by atoms with E-state index in [1.807, 2.05) is 18.7 Å². The van der Waals surface area contributed by atoms with Gasteiger partial charge in [-0.3, -0.25) is 14.6 Å². The highest BCUT2D eigenvalue weighted by Gasteiger charge is 2.58. The summed E-state index contributed by atoms with van der Waals surface area (Å²) in [6, 6.07) is 8.31. The molecule has 0 saturated carbocycles. The van der Waals surface area contributed by atoms with Crippen LogP contribution in [0.3, 0.4) is 0 Å². The van der Waals surface area contributed by atoms with E-state index < -0.39 is 5.54 Å². The third kappa shape index (κ3) is 3.75. The number of nitrogens with zero attached hydrogens (tertiary/aromatic N) is 4. The zero-order chi connectivity index (χ0) is 22.3. The number of carbonyl (C=O) groups excluding carboxylic acids is 2. The fourth-order valence-electron chi connectivity index (χ4n) is 5.25. The average molecular weight is 425 g/mol. The molecule has 0 bridgehead atoms. The Morgan fingerprint density at radius 2 is 1.71 bits per heavy atom. The molecular formula is C25H36N4O2. The predicted molar refractivity (Wildman–Crippen MR) is 124 cm³/mol. The molecule has 2 aliphatic heterocycles. The van der Waals surface area contributed by atoms with Crippen LogP contribution in [0, 0.1) is 5.92 Å². The number of para-hydroxylation sites is 1. The summed E-state index contributed by atoms with van der Waals surface area (Å²) in [6.07, 6.45) is 4.56. The zero-order valence-electron chi connectivity index (χ0n) is 19.6. The van der Waals surface area contributed by atoms with Crippen molar-refractivity contribution in [2.75, 3.05) is 19.6 Å². The standard InChI is InChI=1S/C25H36N4O2/c1-18(2)10-13-28-24(31)29(19(3)4)23(30)25(28)11-14-27(15-12-25)17-20-16-26(5)22-9-7-6-8-21(20)22/h6-9,16,18-19H,10-15,17H2,1-5H3. The number of rotatable bonds is 6. The van der Waals surface area contributed by atoms with Gasteiger partial charge in [0.1, 0.15) is 5.54 Å². The third-order valence-electron chi connectivity index (χ3n) is 7.07. The van der Waals surface area contributed by atoms with Crippen molar-refractivity contribution in [3.05, 3.63) is 36.0 Å². The number of aryl methyl sites for hydroxylation is 1. The Kier molecular flexibility index (Phi) is 5.86. The van der Waals surface area contributed by atoms with Crippen LogP contribution in [0.2, 0.25) is 0 Å². The minimum absolute atomic E-state index is 0.0149. The predicted octanol–water partition coefficient (Wildman–Crippen LogP) is 4.23. The van der Waals surface area contributed by atoms with Gasteiger partial charge in [-0.2, -0.15) is 0 Å². The molecule has 31 heavy (non-hydrogen) atoms. The summed E-state index contributed by atoms with van der Waals surface area (Å²) in [7, 11) is 2.09. The quantitative estimate of drug-likeness (QED) is 0.652. The van der Waals surface area contributed by atoms with Crippen molar-refractivity contribution in [2.45, 2.75) is 65.1 Å². The summed E-state index contributed by atoms with van der Waals surface area (Å²) < 4.78 is 2.18. The van der Waals surface area contributed by atoms with Crippen LogP contribution in [0.5, 0.6) is 0 Å². The molecule has 0 N–H and O–H groups in total. The molecule has 1 spiro atoms. The fourth-order valence-corrected chi connectivity index (χ4v) is 5.25. The van der Waals surface area contributed by atoms with E-state index in [1.54, 1.807) is 0 Å². The van der Waals surface area contributed by atoms with Crippen LogP contribution in [0.15, 0.2) is 30.5 Å². The van der Waals surface area contributed by atoms with E-state index >= 15 is 0 Å². The smallest absolute Gasteiger partial charge is 0.327 e. The Morgan fingerprint density at radius 1 is 1.03 bits per heavy atom. The van der Waals surface area contributed by atoms with Crippen LogP contribution in [0.1, 0.15) is 52.5 Å². The van der Waals surface area contributed by atoms with Crippen LogP contribution in [0.25, 0.3) is 10.9 Å². The maximum Gasteiger partial charge on any atom is 0.327 e. The number of likely N-dealkylation sites (tertiary alicyclic amines) is 1. The molecule has 2 aromatic rings. The average Bonchev–Trinajstić information content (AvgIpc) is 3.14. The molecule has 2 aliphatic rings. The minimum Gasteiger partial charge on any atom is -0.350 e. The third-order valence-corrected chi connectivity index (χ3v) is 7.07. The number of benzene rings is 1. The Morgan fingerprint density at radius 3 is 2.35 bits per heavy atom. The molecule has 0 atom stereocenters. The highest BCUT2D eigenvalue weighted by Crippen LogP contribution is 2.39. The van der Waals surface area contributed by atoms with Gasteiger partial charge in [-0.05, 0) is 50.7 Å². The first-order valence-corrected chi connectivity index (χ1v) is 11.6. The molecule has 1 aromatic heterocycles. The molecule has 2 saturated heterocycles. The second kappa shape index (κ2) is 8.30. The van der Waals surface area contributed by atoms with Gasteiger partial charge in [0.05, 0.1) is 0 Å². The largest absolute Gasteiger partial charge is 0.350 e. The molecule has 0 unspecified atom stereocenters. The number of urea groups is 1. The van der Waals surface area contributed by atoms with Crippen LogP contribution in [-0.4, -0.2) is 62.4 Å². The Labute approximate surface area is 185 Å². The first-order chi connectivity index (χ1) is 14.7. The molecule has 3 amide bonds. The lowest BCUT2D eigenvalue weighted by Gasteiger charge is -2.42. The van der Waals surface area contributed by atoms with Gasteiger partial charge in [0.2, 0.25) is 0 Å². The Bertz CT molecular complexity index is 969. The lowest BCUT2D eigenvalue weighted by Crippen LogP contribution is -2.56. The molecule has 0 radical (unpaired) electrons. The number of aromatic nitrogens is 1. The van der Waals surface area contributed by atoms with Crippen LogP contribution in [-0.2, 0) is 18.4 Å². The highest BCUT2D eigenvalue weighted by atomic mass is 16.2. The summed E-state index contributed by atoms with van der Waals surface area (Å²) in [5, 5.41) is 1.29. The van der Waals surface area contributed by atoms with Crippen molar-refractivity contribution in [1.82, 2.24) is 19.3 Å². The Balaban J connectivity index is 1.52. The van der Waals surface area contributed by atoms with E-state index in [2.05, 4.69) is 60.8 Å². The van der Waals surface area contributed by atoms with Crippen LogP contribution in [0.4, 0.5) is 4.79 Å². The number of imide groups is 1. The number of carbonyl (C=O) groups is 2. The summed E-state index contributed by atoms with van der Waals surface area (Å²) in [6.45, 7) is 11.4. The van der Waals surface area contributed by atoms with Crippen LogP contribution >= 0.6 is 0 Å². The molecule has 3 heterocycles. The van der Waals surface area contributed by atoms with Gasteiger partial charge >= 0.3 is 6.03 Å². The van der Waals surface area contributed by atoms with Crippen molar-refractivity contribution in [3.63, 3.8) is 0 Å². The summed E-state index contributed by atoms with van der Waals surface area (Å²) in [5.41, 5.74) is 1.91. The number of hydrogen-bond acceptors (Lipinski definition) is 3. The molecule has 168 valence electrons. The van der Waals surface area contributed by atoms with E-state index in [0.717, 1.165) is 26.1 Å². The number of piperidine rings is 1. The van der Waals surface area contributed by atoms with Gasteiger partial charge in [0.25, 0.3) is 5.91 Å². The van der Waals surface area contributed by atoms with Gasteiger partial charge < -0.3 is 9.47 Å². The summed E-state index contributed by atoms with van der Waals surface area (Å²) >= 11 is 0. The van der Waals surface area contributed by atoms with E-state index in [4.69, 9.17) is 0 Å². The molecule has 0 aliphatic carbocycles. The monoisotopic (exact) mass is 424 g/mol. The van der Waals surface area contributed by atoms with Gasteiger partial charge in [-0.15, -0.1) is 0 Å². The van der Waals surface area contributed by atoms with E-state index in [1.165, 1.54) is 21.4 Å². The molecule has 6 nitrogen and oxygen atoms in total. The maximum absolute atomic E-state index is 13.5. The normalized spacial score (nSPS) is 19.7.